The highest BCUT2D eigenvalue weighted by Crippen LogP contribution is 2.48. The van der Waals surface area contributed by atoms with Gasteiger partial charge in [0.25, 0.3) is 0 Å². The van der Waals surface area contributed by atoms with E-state index in [1.54, 1.807) is 6.66 Å². The van der Waals surface area contributed by atoms with E-state index >= 15 is 0 Å². The van der Waals surface area contributed by atoms with Crippen molar-refractivity contribution in [3.8, 4) is 0 Å². The predicted octanol–water partition coefficient (Wildman–Crippen LogP) is 4.70. The van der Waals surface area contributed by atoms with Crippen molar-refractivity contribution in [2.24, 2.45) is 17.8 Å². The van der Waals surface area contributed by atoms with Crippen LogP contribution in [0.2, 0.25) is 0 Å². The molecule has 0 amide bonds. The summed E-state index contributed by atoms with van der Waals surface area (Å²) in [4.78, 5) is 0. The first-order valence-electron chi connectivity index (χ1n) is 7.71. The highest BCUT2D eigenvalue weighted by molar-refractivity contribution is 7.66. The van der Waals surface area contributed by atoms with Gasteiger partial charge in [0.15, 0.2) is 0 Å². The van der Waals surface area contributed by atoms with Crippen molar-refractivity contribution in [2.75, 3.05) is 6.66 Å². The topological polar surface area (TPSA) is 26.3 Å². The quantitative estimate of drug-likeness (QED) is 0.753. The molecule has 0 aromatic heterocycles. The van der Waals surface area contributed by atoms with Crippen molar-refractivity contribution in [1.29, 1.82) is 0 Å². The summed E-state index contributed by atoms with van der Waals surface area (Å²) in [5, 5.41) is 0.834. The summed E-state index contributed by atoms with van der Waals surface area (Å²) in [5.41, 5.74) is 0. The van der Waals surface area contributed by atoms with Crippen LogP contribution < -0.4 is 5.30 Å². The third-order valence-corrected chi connectivity index (χ3v) is 6.43. The van der Waals surface area contributed by atoms with Crippen LogP contribution in [0.15, 0.2) is 30.3 Å². The molecule has 20 heavy (non-hydrogen) atoms. The molecule has 0 spiro atoms. The summed E-state index contributed by atoms with van der Waals surface area (Å²) < 4.78 is 19.1. The van der Waals surface area contributed by atoms with Crippen LogP contribution in [0.1, 0.15) is 40.0 Å². The smallest absolute Gasteiger partial charge is 0.229 e. The Balaban J connectivity index is 2.15. The minimum absolute atomic E-state index is 0.134. The van der Waals surface area contributed by atoms with E-state index in [0.717, 1.165) is 11.7 Å². The molecule has 3 heteroatoms. The Hall–Kier alpha value is -0.590. The lowest BCUT2D eigenvalue weighted by atomic mass is 9.75. The molecule has 0 heterocycles. The first-order chi connectivity index (χ1) is 9.40. The molecule has 4 atom stereocenters. The van der Waals surface area contributed by atoms with Gasteiger partial charge in [0.2, 0.25) is 7.37 Å². The van der Waals surface area contributed by atoms with Gasteiger partial charge in [0.1, 0.15) is 0 Å². The van der Waals surface area contributed by atoms with Crippen molar-refractivity contribution in [2.45, 2.75) is 46.1 Å². The second-order valence-electron chi connectivity index (χ2n) is 6.65. The van der Waals surface area contributed by atoms with Crippen molar-refractivity contribution in [3.63, 3.8) is 0 Å². The molecule has 1 fully saturated rings. The van der Waals surface area contributed by atoms with E-state index < -0.39 is 7.37 Å². The third-order valence-electron chi connectivity index (χ3n) is 4.52. The SMILES string of the molecule is CC(C)[C@H]1CC[C@H](C)C[C@H]1O[P@](C)(=O)c1ccccc1. The lowest BCUT2D eigenvalue weighted by molar-refractivity contribution is 0.0506. The number of hydrogen-bond donors (Lipinski definition) is 0. The lowest BCUT2D eigenvalue weighted by Crippen LogP contribution is -2.34. The lowest BCUT2D eigenvalue weighted by Gasteiger charge is -2.38. The van der Waals surface area contributed by atoms with E-state index in [0.29, 0.717) is 17.8 Å². The summed E-state index contributed by atoms with van der Waals surface area (Å²) in [6.45, 7) is 8.54. The van der Waals surface area contributed by atoms with Gasteiger partial charge in [0.05, 0.1) is 6.10 Å². The van der Waals surface area contributed by atoms with E-state index in [2.05, 4.69) is 20.8 Å². The summed E-state index contributed by atoms with van der Waals surface area (Å²) in [6.07, 6.45) is 3.63. The number of rotatable bonds is 4. The first-order valence-corrected chi connectivity index (χ1v) is 9.79. The van der Waals surface area contributed by atoms with Gasteiger partial charge in [-0.2, -0.15) is 0 Å². The van der Waals surface area contributed by atoms with Gasteiger partial charge in [-0.05, 0) is 42.7 Å². The molecule has 0 aliphatic heterocycles. The molecule has 112 valence electrons. The molecule has 1 aromatic carbocycles. The van der Waals surface area contributed by atoms with Gasteiger partial charge in [0, 0.05) is 12.0 Å². The third kappa shape index (κ3) is 3.74. The average Bonchev–Trinajstić information content (AvgIpc) is 2.39. The van der Waals surface area contributed by atoms with E-state index in [1.807, 2.05) is 30.3 Å². The summed E-state index contributed by atoms with van der Waals surface area (Å²) in [7, 11) is -2.72. The van der Waals surface area contributed by atoms with E-state index in [9.17, 15) is 4.57 Å². The fourth-order valence-corrected chi connectivity index (χ4v) is 4.85. The van der Waals surface area contributed by atoms with Crippen LogP contribution in [0.4, 0.5) is 0 Å². The zero-order chi connectivity index (χ0) is 14.8. The minimum Gasteiger partial charge on any atom is -0.322 e. The van der Waals surface area contributed by atoms with Gasteiger partial charge in [-0.1, -0.05) is 45.4 Å². The Kier molecular flexibility index (Phi) is 5.09. The van der Waals surface area contributed by atoms with E-state index in [-0.39, 0.29) is 6.10 Å². The molecule has 0 radical (unpaired) electrons. The molecule has 1 aliphatic carbocycles. The maximum absolute atomic E-state index is 12.9. The second kappa shape index (κ2) is 6.45. The van der Waals surface area contributed by atoms with Crippen molar-refractivity contribution in [3.05, 3.63) is 30.3 Å². The molecule has 0 unspecified atom stereocenters. The number of hydrogen-bond acceptors (Lipinski definition) is 2. The zero-order valence-electron chi connectivity index (χ0n) is 13.1. The fourth-order valence-electron chi connectivity index (χ4n) is 3.25. The number of benzene rings is 1. The van der Waals surface area contributed by atoms with Crippen LogP contribution in [0.3, 0.4) is 0 Å². The van der Waals surface area contributed by atoms with Gasteiger partial charge < -0.3 is 4.52 Å². The van der Waals surface area contributed by atoms with Crippen LogP contribution in [-0.4, -0.2) is 12.8 Å². The highest BCUT2D eigenvalue weighted by Gasteiger charge is 2.35. The Bertz CT molecular complexity index is 469. The Morgan fingerprint density at radius 3 is 2.45 bits per heavy atom. The predicted molar refractivity (Wildman–Crippen MR) is 85.8 cm³/mol. The summed E-state index contributed by atoms with van der Waals surface area (Å²) in [6, 6.07) is 9.63. The van der Waals surface area contributed by atoms with E-state index in [1.165, 1.54) is 12.8 Å². The molecule has 1 saturated carbocycles. The standard InChI is InChI=1S/C17H27O2P/c1-13(2)16-11-10-14(3)12-17(16)19-20(4,18)15-8-6-5-7-9-15/h5-9,13-14,16-17H,10-12H2,1-4H3/t14-,16+,17+,20-/m0/s1. The largest absolute Gasteiger partial charge is 0.322 e. The van der Waals surface area contributed by atoms with Crippen molar-refractivity contribution >= 4 is 12.7 Å². The van der Waals surface area contributed by atoms with Crippen LogP contribution in [0, 0.1) is 17.8 Å². The highest BCUT2D eigenvalue weighted by atomic mass is 31.2. The molecule has 1 aliphatic rings. The van der Waals surface area contributed by atoms with Gasteiger partial charge in [-0.15, -0.1) is 0 Å². The maximum atomic E-state index is 12.9. The molecule has 0 bridgehead atoms. The van der Waals surface area contributed by atoms with E-state index in [4.69, 9.17) is 4.52 Å². The zero-order valence-corrected chi connectivity index (χ0v) is 14.0. The van der Waals surface area contributed by atoms with Gasteiger partial charge >= 0.3 is 0 Å². The second-order valence-corrected chi connectivity index (χ2v) is 9.07. The molecule has 0 saturated heterocycles. The maximum Gasteiger partial charge on any atom is 0.229 e. The Labute approximate surface area is 123 Å². The fraction of sp³-hybridized carbons (Fsp3) is 0.647. The average molecular weight is 294 g/mol. The molecular weight excluding hydrogens is 267 g/mol. The van der Waals surface area contributed by atoms with Gasteiger partial charge in [-0.3, -0.25) is 4.57 Å². The van der Waals surface area contributed by atoms with Crippen LogP contribution in [-0.2, 0) is 9.09 Å². The van der Waals surface area contributed by atoms with Crippen LogP contribution >= 0.6 is 7.37 Å². The Morgan fingerprint density at radius 1 is 1.20 bits per heavy atom. The van der Waals surface area contributed by atoms with Crippen molar-refractivity contribution in [1.82, 2.24) is 0 Å². The molecular formula is C17H27O2P. The van der Waals surface area contributed by atoms with Crippen molar-refractivity contribution < 1.29 is 9.09 Å². The Morgan fingerprint density at radius 2 is 1.85 bits per heavy atom. The van der Waals surface area contributed by atoms with Gasteiger partial charge in [-0.25, -0.2) is 0 Å². The summed E-state index contributed by atoms with van der Waals surface area (Å²) >= 11 is 0. The molecule has 0 N–H and O–H groups in total. The monoisotopic (exact) mass is 294 g/mol. The first kappa shape index (κ1) is 15.8. The van der Waals surface area contributed by atoms with Crippen LogP contribution in [0.5, 0.6) is 0 Å². The summed E-state index contributed by atoms with van der Waals surface area (Å²) in [5.74, 6) is 1.79. The molecule has 2 rings (SSSR count). The van der Waals surface area contributed by atoms with Crippen LogP contribution in [0.25, 0.3) is 0 Å². The normalized spacial score (nSPS) is 30.1. The molecule has 1 aromatic rings. The molecule has 2 nitrogen and oxygen atoms in total. The minimum atomic E-state index is -2.72.